The second-order valence-electron chi connectivity index (χ2n) is 6.62. The fourth-order valence-electron chi connectivity index (χ4n) is 3.74. The van der Waals surface area contributed by atoms with Crippen LogP contribution in [0.25, 0.3) is 0 Å². The average Bonchev–Trinajstić information content (AvgIpc) is 3.23. The summed E-state index contributed by atoms with van der Waals surface area (Å²) in [6.45, 7) is 0.554. The highest BCUT2D eigenvalue weighted by atomic mass is 32.1. The fourth-order valence-corrected chi connectivity index (χ4v) is 4.43. The molecule has 1 aromatic carbocycles. The molecular weight excluding hydrogens is 320 g/mol. The van der Waals surface area contributed by atoms with Crippen LogP contribution in [-0.2, 0) is 11.3 Å². The van der Waals surface area contributed by atoms with Crippen molar-refractivity contribution in [3.63, 3.8) is 0 Å². The first kappa shape index (κ1) is 15.7. The minimum Gasteiger partial charge on any atom is -0.446 e. The largest absolute Gasteiger partial charge is 0.446 e. The van der Waals surface area contributed by atoms with Gasteiger partial charge in [-0.15, -0.1) is 11.3 Å². The lowest BCUT2D eigenvalue weighted by atomic mass is 10.0. The summed E-state index contributed by atoms with van der Waals surface area (Å²) in [7, 11) is 0. The number of para-hydroxylation sites is 1. The van der Waals surface area contributed by atoms with Gasteiger partial charge in [0.1, 0.15) is 6.10 Å². The van der Waals surface area contributed by atoms with E-state index in [0.29, 0.717) is 18.6 Å². The van der Waals surface area contributed by atoms with Gasteiger partial charge < -0.3 is 10.1 Å². The predicted octanol–water partition coefficient (Wildman–Crippen LogP) is 4.17. The summed E-state index contributed by atoms with van der Waals surface area (Å²) in [6.07, 6.45) is 4.08. The van der Waals surface area contributed by atoms with Crippen LogP contribution in [0, 0.1) is 0 Å². The first-order chi connectivity index (χ1) is 11.8. The van der Waals surface area contributed by atoms with E-state index in [1.807, 2.05) is 41.8 Å². The first-order valence-corrected chi connectivity index (χ1v) is 9.47. The summed E-state index contributed by atoms with van der Waals surface area (Å²) in [5, 5.41) is 5.62. The van der Waals surface area contributed by atoms with E-state index in [0.717, 1.165) is 23.4 Å². The van der Waals surface area contributed by atoms with E-state index in [9.17, 15) is 4.79 Å². The number of benzene rings is 1. The third-order valence-electron chi connectivity index (χ3n) is 4.88. The Kier molecular flexibility index (Phi) is 4.54. The molecule has 2 unspecified atom stereocenters. The van der Waals surface area contributed by atoms with Gasteiger partial charge in [0.2, 0.25) is 0 Å². The van der Waals surface area contributed by atoms with Crippen LogP contribution in [0.4, 0.5) is 10.5 Å². The van der Waals surface area contributed by atoms with Crippen LogP contribution in [0.5, 0.6) is 0 Å². The highest BCUT2D eigenvalue weighted by Crippen LogP contribution is 2.29. The molecule has 2 fully saturated rings. The SMILES string of the molecule is O=C(OC1CC2CCC(C1)N2)N(Cc1cccs1)c1ccccc1. The molecule has 0 saturated carbocycles. The maximum Gasteiger partial charge on any atom is 0.414 e. The molecular formula is C19H22N2O2S. The maximum absolute atomic E-state index is 12.9. The number of carbonyl (C=O) groups is 1. The molecule has 126 valence electrons. The Balaban J connectivity index is 1.48. The van der Waals surface area contributed by atoms with Gasteiger partial charge in [-0.1, -0.05) is 24.3 Å². The van der Waals surface area contributed by atoms with E-state index in [4.69, 9.17) is 4.74 Å². The van der Waals surface area contributed by atoms with E-state index in [2.05, 4.69) is 11.4 Å². The number of thiophene rings is 1. The van der Waals surface area contributed by atoms with Crippen LogP contribution in [0.15, 0.2) is 47.8 Å². The zero-order valence-electron chi connectivity index (χ0n) is 13.6. The molecule has 4 rings (SSSR count). The third-order valence-corrected chi connectivity index (χ3v) is 5.74. The number of rotatable bonds is 4. The van der Waals surface area contributed by atoms with E-state index < -0.39 is 0 Å². The van der Waals surface area contributed by atoms with Crippen LogP contribution < -0.4 is 10.2 Å². The zero-order valence-corrected chi connectivity index (χ0v) is 14.4. The molecule has 2 atom stereocenters. The van der Waals surface area contributed by atoms with Gasteiger partial charge in [0, 0.05) is 22.6 Å². The first-order valence-electron chi connectivity index (χ1n) is 8.59. The van der Waals surface area contributed by atoms with Gasteiger partial charge >= 0.3 is 6.09 Å². The molecule has 2 saturated heterocycles. The van der Waals surface area contributed by atoms with Gasteiger partial charge in [0.25, 0.3) is 0 Å². The molecule has 5 heteroatoms. The van der Waals surface area contributed by atoms with Crippen molar-refractivity contribution in [3.8, 4) is 0 Å². The van der Waals surface area contributed by atoms with Gasteiger partial charge in [0.05, 0.1) is 6.54 Å². The number of fused-ring (bicyclic) bond motifs is 2. The third kappa shape index (κ3) is 3.47. The summed E-state index contributed by atoms with van der Waals surface area (Å²) in [6, 6.07) is 14.9. The Morgan fingerprint density at radius 3 is 2.54 bits per heavy atom. The van der Waals surface area contributed by atoms with Crippen LogP contribution in [-0.4, -0.2) is 24.3 Å². The minimum absolute atomic E-state index is 0.0331. The molecule has 0 radical (unpaired) electrons. The Morgan fingerprint density at radius 2 is 1.88 bits per heavy atom. The molecule has 3 heterocycles. The van der Waals surface area contributed by atoms with Gasteiger partial charge in [-0.25, -0.2) is 4.79 Å². The number of anilines is 1. The molecule has 2 aliphatic heterocycles. The van der Waals surface area contributed by atoms with Gasteiger partial charge in [-0.2, -0.15) is 0 Å². The topological polar surface area (TPSA) is 41.6 Å². The highest BCUT2D eigenvalue weighted by Gasteiger charge is 2.36. The van der Waals surface area contributed by atoms with Crippen molar-refractivity contribution in [1.29, 1.82) is 0 Å². The lowest BCUT2D eigenvalue weighted by molar-refractivity contribution is 0.0719. The lowest BCUT2D eigenvalue weighted by Gasteiger charge is -2.31. The fraction of sp³-hybridized carbons (Fsp3) is 0.421. The molecule has 1 amide bonds. The van der Waals surface area contributed by atoms with Crippen molar-refractivity contribution >= 4 is 23.1 Å². The number of amides is 1. The normalized spacial score (nSPS) is 25.4. The summed E-state index contributed by atoms with van der Waals surface area (Å²) < 4.78 is 5.89. The second kappa shape index (κ2) is 6.95. The number of hydrogen-bond acceptors (Lipinski definition) is 4. The van der Waals surface area contributed by atoms with Crippen LogP contribution in [0.3, 0.4) is 0 Å². The monoisotopic (exact) mass is 342 g/mol. The number of nitrogens with zero attached hydrogens (tertiary/aromatic N) is 1. The molecule has 4 nitrogen and oxygen atoms in total. The number of carbonyl (C=O) groups excluding carboxylic acids is 1. The Morgan fingerprint density at radius 1 is 1.12 bits per heavy atom. The van der Waals surface area contributed by atoms with Crippen LogP contribution >= 0.6 is 11.3 Å². The smallest absolute Gasteiger partial charge is 0.414 e. The molecule has 24 heavy (non-hydrogen) atoms. The average molecular weight is 342 g/mol. The van der Waals surface area contributed by atoms with Crippen molar-refractivity contribution < 1.29 is 9.53 Å². The van der Waals surface area contributed by atoms with E-state index in [-0.39, 0.29) is 12.2 Å². The Labute approximate surface area is 146 Å². The summed E-state index contributed by atoms with van der Waals surface area (Å²) in [4.78, 5) is 15.8. The van der Waals surface area contributed by atoms with Gasteiger partial charge in [0.15, 0.2) is 0 Å². The molecule has 2 bridgehead atoms. The number of nitrogens with one attached hydrogen (secondary N) is 1. The Bertz CT molecular complexity index is 662. The molecule has 1 N–H and O–H groups in total. The molecule has 2 aliphatic rings. The second-order valence-corrected chi connectivity index (χ2v) is 7.65. The van der Waals surface area contributed by atoms with E-state index >= 15 is 0 Å². The van der Waals surface area contributed by atoms with Crippen molar-refractivity contribution in [2.24, 2.45) is 0 Å². The highest BCUT2D eigenvalue weighted by molar-refractivity contribution is 7.09. The van der Waals surface area contributed by atoms with E-state index in [1.54, 1.807) is 16.2 Å². The van der Waals surface area contributed by atoms with Gasteiger partial charge in [-0.05, 0) is 49.3 Å². The summed E-state index contributed by atoms with van der Waals surface area (Å²) >= 11 is 1.66. The molecule has 2 aromatic rings. The van der Waals surface area contributed by atoms with Crippen molar-refractivity contribution in [2.75, 3.05) is 4.90 Å². The number of hydrogen-bond donors (Lipinski definition) is 1. The molecule has 0 spiro atoms. The summed E-state index contributed by atoms with van der Waals surface area (Å²) in [5.41, 5.74) is 0.882. The van der Waals surface area contributed by atoms with E-state index in [1.165, 1.54) is 12.8 Å². The summed E-state index contributed by atoms with van der Waals surface area (Å²) in [5.74, 6) is 0. The van der Waals surface area contributed by atoms with Crippen molar-refractivity contribution in [1.82, 2.24) is 5.32 Å². The zero-order chi connectivity index (χ0) is 16.4. The van der Waals surface area contributed by atoms with Crippen molar-refractivity contribution in [2.45, 2.75) is 50.4 Å². The minimum atomic E-state index is -0.235. The number of piperidine rings is 1. The lowest BCUT2D eigenvalue weighted by Crippen LogP contribution is -2.44. The Hall–Kier alpha value is -1.85. The van der Waals surface area contributed by atoms with Crippen molar-refractivity contribution in [3.05, 3.63) is 52.7 Å². The van der Waals surface area contributed by atoms with Crippen LogP contribution in [0.1, 0.15) is 30.6 Å². The molecule has 1 aromatic heterocycles. The number of ether oxygens (including phenoxy) is 1. The van der Waals surface area contributed by atoms with Crippen LogP contribution in [0.2, 0.25) is 0 Å². The molecule has 0 aliphatic carbocycles. The maximum atomic E-state index is 12.9. The standard InChI is InChI=1S/C19H22N2O2S/c22-19(23-17-11-14-8-9-15(12-17)20-14)21(13-18-7-4-10-24-18)16-5-2-1-3-6-16/h1-7,10,14-15,17,20H,8-9,11-13H2. The van der Waals surface area contributed by atoms with Gasteiger partial charge in [-0.3, -0.25) is 4.90 Å². The predicted molar refractivity (Wildman–Crippen MR) is 96.4 cm³/mol. The quantitative estimate of drug-likeness (QED) is 0.906.